The summed E-state index contributed by atoms with van der Waals surface area (Å²) in [5.74, 6) is -17.5. The van der Waals surface area contributed by atoms with Gasteiger partial charge in [-0.15, -0.1) is 0 Å². The van der Waals surface area contributed by atoms with Crippen molar-refractivity contribution in [2.75, 3.05) is 57.4 Å². The number of nitrogens with two attached hydrogens (primary N) is 4. The van der Waals surface area contributed by atoms with E-state index in [4.69, 9.17) is 22.9 Å². The molecule has 4 saturated heterocycles. The molecule has 1 aromatic carbocycles. The number of carbonyl (C=O) groups is 15. The van der Waals surface area contributed by atoms with Crippen molar-refractivity contribution in [3.8, 4) is 0 Å². The third kappa shape index (κ3) is 26.0. The third-order valence-electron chi connectivity index (χ3n) is 19.0. The van der Waals surface area contributed by atoms with Crippen LogP contribution in [-0.2, 0) is 78.3 Å². The fourth-order valence-corrected chi connectivity index (χ4v) is 15.0. The molecule has 4 aliphatic heterocycles. The number of benzene rings is 1. The Morgan fingerprint density at radius 2 is 1.22 bits per heavy atom. The fourth-order valence-electron chi connectivity index (χ4n) is 12.6. The van der Waals surface area contributed by atoms with Crippen LogP contribution in [0.1, 0.15) is 130 Å². The summed E-state index contributed by atoms with van der Waals surface area (Å²) in [5, 5.41) is 66.7. The van der Waals surface area contributed by atoms with Crippen molar-refractivity contribution >= 4 is 116 Å². The number of aliphatic imine (C=N–C) groups is 1. The topological polar surface area (TPSA) is 583 Å². The van der Waals surface area contributed by atoms with Crippen LogP contribution < -0.4 is 76.1 Å². The Balaban J connectivity index is 1.65. The number of carboxylic acid groups (broad SMARTS) is 2. The van der Waals surface area contributed by atoms with E-state index in [0.717, 1.165) is 33.4 Å². The van der Waals surface area contributed by atoms with Crippen LogP contribution in [-0.4, -0.2) is 272 Å². The van der Waals surface area contributed by atoms with Crippen molar-refractivity contribution in [1.82, 2.24) is 67.9 Å². The maximum atomic E-state index is 15.3. The van der Waals surface area contributed by atoms with E-state index < -0.39 is 216 Å². The first kappa shape index (κ1) is 87.7. The summed E-state index contributed by atoms with van der Waals surface area (Å²) in [7, 11) is 1.65. The lowest BCUT2D eigenvalue weighted by atomic mass is 9.96. The average molecular weight is 1530 g/mol. The Morgan fingerprint density at radius 3 is 1.83 bits per heavy atom. The lowest BCUT2D eigenvalue weighted by Gasteiger charge is -2.35. The van der Waals surface area contributed by atoms with Crippen LogP contribution in [0, 0.1) is 11.8 Å². The number of carbonyl (C=O) groups excluding carboxylic acids is 13. The van der Waals surface area contributed by atoms with Crippen molar-refractivity contribution in [1.29, 1.82) is 0 Å². The Hall–Kier alpha value is -8.92. The molecule has 0 spiro atoms. The van der Waals surface area contributed by atoms with E-state index in [9.17, 15) is 78.0 Å². The van der Waals surface area contributed by atoms with Crippen LogP contribution in [0.4, 0.5) is 0 Å². The van der Waals surface area contributed by atoms with Crippen LogP contribution in [0.5, 0.6) is 0 Å². The van der Waals surface area contributed by atoms with Crippen LogP contribution in [0.15, 0.2) is 35.3 Å². The molecule has 0 saturated carbocycles. The monoisotopic (exact) mass is 1530 g/mol. The smallest absolute Gasteiger partial charge is 0.326 e. The quantitative estimate of drug-likeness (QED) is 0.0161. The molecule has 5 rings (SSSR count). The highest BCUT2D eigenvalue weighted by atomic mass is 33.1. The van der Waals surface area contributed by atoms with E-state index in [2.05, 4.69) is 58.2 Å². The molecule has 39 heteroatoms. The van der Waals surface area contributed by atoms with Crippen molar-refractivity contribution < 1.29 is 92.3 Å². The largest absolute Gasteiger partial charge is 0.481 e. The number of fused-ring (bicyclic) bond motifs is 2. The van der Waals surface area contributed by atoms with Gasteiger partial charge in [-0.05, 0) is 101 Å². The molecule has 590 valence electrons. The summed E-state index contributed by atoms with van der Waals surface area (Å²) < 4.78 is 0. The number of aliphatic carboxylic acids is 2. The van der Waals surface area contributed by atoms with Crippen molar-refractivity contribution in [3.05, 3.63) is 35.9 Å². The zero-order valence-electron chi connectivity index (χ0n) is 60.4. The third-order valence-corrected chi connectivity index (χ3v) is 21.4. The number of hydrogen-bond donors (Lipinski definition) is 18. The van der Waals surface area contributed by atoms with Crippen LogP contribution in [0.25, 0.3) is 0 Å². The molecule has 0 aromatic heterocycles. The van der Waals surface area contributed by atoms with Crippen LogP contribution >= 0.6 is 21.6 Å². The second-order valence-corrected chi connectivity index (χ2v) is 29.4. The van der Waals surface area contributed by atoms with Crippen molar-refractivity contribution in [3.63, 3.8) is 0 Å². The summed E-state index contributed by atoms with van der Waals surface area (Å²) in [6.07, 6.45) is -0.850. The number of aliphatic hydroxyl groups is 2. The van der Waals surface area contributed by atoms with Crippen LogP contribution in [0.2, 0.25) is 0 Å². The maximum absolute atomic E-state index is 15.3. The van der Waals surface area contributed by atoms with E-state index in [0.29, 0.717) is 31.2 Å². The zero-order valence-corrected chi connectivity index (χ0v) is 62.1. The molecular weight excluding hydrogens is 1420 g/mol. The van der Waals surface area contributed by atoms with E-state index in [1.54, 1.807) is 58.0 Å². The van der Waals surface area contributed by atoms with Gasteiger partial charge in [0.2, 0.25) is 76.8 Å². The highest BCUT2D eigenvalue weighted by Crippen LogP contribution is 2.29. The Bertz CT molecular complexity index is 3280. The van der Waals surface area contributed by atoms with E-state index in [1.165, 1.54) is 9.80 Å². The van der Waals surface area contributed by atoms with E-state index in [-0.39, 0.29) is 103 Å². The molecule has 1 unspecified atom stereocenters. The number of rotatable bonds is 28. The van der Waals surface area contributed by atoms with Gasteiger partial charge in [-0.2, -0.15) is 0 Å². The van der Waals surface area contributed by atoms with E-state index >= 15 is 14.4 Å². The van der Waals surface area contributed by atoms with Gasteiger partial charge in [0.25, 0.3) is 0 Å². The lowest BCUT2D eigenvalue weighted by Crippen LogP contribution is -2.62. The molecule has 4 heterocycles. The number of nitrogens with one attached hydrogen (secondary N) is 10. The number of amides is 13. The number of guanidine groups is 1. The molecule has 37 nitrogen and oxygen atoms in total. The molecule has 106 heavy (non-hydrogen) atoms. The Morgan fingerprint density at radius 1 is 0.632 bits per heavy atom. The summed E-state index contributed by atoms with van der Waals surface area (Å²) in [5.41, 5.74) is 23.0. The minimum Gasteiger partial charge on any atom is -0.481 e. The fraction of sp³-hybridized carbons (Fsp3) is 0.672. The number of aliphatic hydroxyl groups excluding tert-OH is 2. The Kier molecular flexibility index (Phi) is 36.1. The SMILES string of the molecule is CC[C@H](C)[C@@H]1NC(=O)[C@@H]2CCCN2C(=O)[C@@H]2CCCN2C(=O)[C@H]([C@@H](C)CC)NC(=O)C(CO)NC(=O)[C@H](CCCCN)NC(=O)[C@H]([C@@H](C)O)NC(=O)[C@@H](NC(=O)[C@H](CCCN=C(N)N)NC(=O)CN)CSSC[C@@H](C(=O)N[C@@H](Cc2ccccc2)C(=O)N2CCC[C@H]2C(=O)N[C@@H](CC(=O)O)C(=O)O)NC1=O. The van der Waals surface area contributed by atoms with Gasteiger partial charge in [-0.1, -0.05) is 92.5 Å². The molecule has 0 bridgehead atoms. The highest BCUT2D eigenvalue weighted by molar-refractivity contribution is 8.76. The molecule has 4 fully saturated rings. The number of hydrogen-bond acceptors (Lipinski definition) is 22. The summed E-state index contributed by atoms with van der Waals surface area (Å²) in [4.78, 5) is 220. The Labute approximate surface area is 622 Å². The summed E-state index contributed by atoms with van der Waals surface area (Å²) >= 11 is 0. The first-order valence-corrected chi connectivity index (χ1v) is 38.3. The predicted molar refractivity (Wildman–Crippen MR) is 388 cm³/mol. The van der Waals surface area contributed by atoms with Gasteiger partial charge < -0.3 is 111 Å². The molecule has 1 aromatic rings. The van der Waals surface area contributed by atoms with Crippen LogP contribution in [0.3, 0.4) is 0 Å². The van der Waals surface area contributed by atoms with Gasteiger partial charge in [0.15, 0.2) is 5.96 Å². The minimum absolute atomic E-state index is 0.0115. The molecule has 16 atom stereocenters. The molecule has 4 aliphatic rings. The lowest BCUT2D eigenvalue weighted by molar-refractivity contribution is -0.149. The van der Waals surface area contributed by atoms with Gasteiger partial charge in [0, 0.05) is 44.1 Å². The van der Waals surface area contributed by atoms with Crippen molar-refractivity contribution in [2.45, 2.75) is 216 Å². The van der Waals surface area contributed by atoms with Gasteiger partial charge in [0.1, 0.15) is 78.5 Å². The number of carboxylic acids is 2. The second-order valence-electron chi connectivity index (χ2n) is 26.8. The van der Waals surface area contributed by atoms with Gasteiger partial charge in [0.05, 0.1) is 25.7 Å². The molecule has 13 amide bonds. The highest BCUT2D eigenvalue weighted by Gasteiger charge is 2.47. The van der Waals surface area contributed by atoms with Crippen molar-refractivity contribution in [2.24, 2.45) is 39.8 Å². The summed E-state index contributed by atoms with van der Waals surface area (Å²) in [6.45, 7) is 6.56. The number of nitrogens with zero attached hydrogens (tertiary/aromatic N) is 4. The maximum Gasteiger partial charge on any atom is 0.326 e. The number of likely N-dealkylation sites (tertiary alicyclic amines) is 1. The molecule has 22 N–H and O–H groups in total. The first-order chi connectivity index (χ1) is 50.4. The normalized spacial score (nSPS) is 25.2. The molecule has 0 aliphatic carbocycles. The van der Waals surface area contributed by atoms with Gasteiger partial charge >= 0.3 is 11.9 Å². The average Bonchev–Trinajstić information content (AvgIpc) is 1.61. The zero-order chi connectivity index (χ0) is 78.5. The number of unbranched alkanes of at least 4 members (excludes halogenated alkanes) is 1. The van der Waals surface area contributed by atoms with Gasteiger partial charge in [-0.3, -0.25) is 72.1 Å². The van der Waals surface area contributed by atoms with Gasteiger partial charge in [-0.25, -0.2) is 4.79 Å². The molecule has 0 radical (unpaired) electrons. The molecular formula is C67H106N18O19S2. The first-order valence-electron chi connectivity index (χ1n) is 35.8. The van der Waals surface area contributed by atoms with E-state index in [1.807, 2.05) is 0 Å². The standard InChI is InChI=1S/C67H106N18O19S2/c1-6-35(3)51-61(98)79-44(57(94)75-41(29-38-17-9-8-10-18-38)63(100)83-26-14-21-46(83)59(96)76-42(66(103)104)30-50(89)90)33-105-106-34-45(78-54(91)39(73-49(88)31-69)20-13-25-72-67(70)71)58(95)82-53(37(5)87)62(99)74-40(19-11-12-24-68)55(92)77-43(32-86)56(93)81-52(36(4)7-2)65(102)85-28-16-23-48(85)64(101)84-27-15-22-47(84)60(97)80-51/h8-10,17-18,35-37,39-48,51-53,86-87H,6-7,11-16,19-34,68-69H2,1-5H3,(H,73,88)(H,74,99)(H,75,94)(H,76,96)(H,77,92)(H,78,91)(H,79,98)(H,80,97)(H,81,93)(H,82,95)(H,89,90)(H,103,104)(H4,70,71,72)/t35-,36-,37+,39-,40-,41-,42-,43?,44-,45-,46-,47-,48-,51-,52-,53-/m0/s1. The second kappa shape index (κ2) is 43.6. The minimum atomic E-state index is -1.92. The summed E-state index contributed by atoms with van der Waals surface area (Å²) in [6, 6.07) is -11.5. The predicted octanol–water partition coefficient (Wildman–Crippen LogP) is -5.39.